The van der Waals surface area contributed by atoms with Crippen molar-refractivity contribution in [2.75, 3.05) is 55.6 Å². The molecule has 12 nitrogen and oxygen atoms in total. The second-order valence-corrected chi connectivity index (χ2v) is 12.3. The van der Waals surface area contributed by atoms with Crippen LogP contribution in [0.3, 0.4) is 0 Å². The van der Waals surface area contributed by atoms with Crippen molar-refractivity contribution >= 4 is 44.9 Å². The zero-order valence-electron chi connectivity index (χ0n) is 22.9. The third kappa shape index (κ3) is 6.44. The molecule has 0 spiro atoms. The number of pyridine rings is 1. The zero-order valence-corrected chi connectivity index (χ0v) is 24.5. The molecule has 3 aromatic rings. The Bertz CT molecular complexity index is 1600. The third-order valence-corrected chi connectivity index (χ3v) is 9.31. The largest absolute Gasteiger partial charge is 0.354 e. The lowest BCUT2D eigenvalue weighted by Crippen LogP contribution is -2.49. The van der Waals surface area contributed by atoms with Crippen LogP contribution in [0.1, 0.15) is 34.6 Å². The van der Waals surface area contributed by atoms with Crippen molar-refractivity contribution in [1.82, 2.24) is 24.6 Å². The Morgan fingerprint density at radius 2 is 1.77 bits per heavy atom. The van der Waals surface area contributed by atoms with E-state index in [1.165, 1.54) is 22.5 Å². The summed E-state index contributed by atoms with van der Waals surface area (Å²) in [6, 6.07) is 8.42. The van der Waals surface area contributed by atoms with Crippen molar-refractivity contribution in [2.24, 2.45) is 5.73 Å². The first kappa shape index (κ1) is 30.7. The van der Waals surface area contributed by atoms with Crippen LogP contribution in [-0.2, 0) is 20.7 Å². The molecule has 1 aromatic carbocycles. The van der Waals surface area contributed by atoms with E-state index in [0.29, 0.717) is 18.7 Å². The minimum atomic E-state index is -3.83. The summed E-state index contributed by atoms with van der Waals surface area (Å²) in [6.45, 7) is 1.57. The van der Waals surface area contributed by atoms with Crippen LogP contribution in [0.5, 0.6) is 0 Å². The van der Waals surface area contributed by atoms with E-state index in [1.54, 1.807) is 21.9 Å². The Hall–Kier alpha value is -3.79. The first-order chi connectivity index (χ1) is 20.5. The number of hydrogen-bond acceptors (Lipinski definition) is 9. The minimum absolute atomic E-state index is 0.0104. The van der Waals surface area contributed by atoms with Crippen molar-refractivity contribution in [3.05, 3.63) is 70.9 Å². The van der Waals surface area contributed by atoms with Gasteiger partial charge in [0, 0.05) is 63.5 Å². The van der Waals surface area contributed by atoms with E-state index in [0.717, 1.165) is 24.9 Å². The fourth-order valence-corrected chi connectivity index (χ4v) is 6.51. The van der Waals surface area contributed by atoms with Crippen molar-refractivity contribution in [1.29, 1.82) is 0 Å². The highest BCUT2D eigenvalue weighted by atomic mass is 35.5. The Balaban J connectivity index is 1.27. The van der Waals surface area contributed by atoms with Crippen molar-refractivity contribution in [2.45, 2.75) is 23.7 Å². The van der Waals surface area contributed by atoms with E-state index in [9.17, 15) is 18.0 Å². The number of piperazine rings is 1. The number of carbonyl (C=O) groups excluding carboxylic acids is 2. The second-order valence-electron chi connectivity index (χ2n) is 9.98. The van der Waals surface area contributed by atoms with Crippen LogP contribution in [0.15, 0.2) is 53.7 Å². The molecule has 2 aliphatic heterocycles. The van der Waals surface area contributed by atoms with E-state index < -0.39 is 33.1 Å². The average Bonchev–Trinajstić information content (AvgIpc) is 3.45. The second kappa shape index (κ2) is 12.4. The fourth-order valence-electron chi connectivity index (χ4n) is 4.88. The SMILES string of the molecule is NCCNC(=O)c1cnc(C(F)(F)c2cc(Cl)nc(N3CCN(S(=O)(=O)c4ccc(N5CCCC5=O)cc4)CC3)c2)cn1. The van der Waals surface area contributed by atoms with Gasteiger partial charge in [0.15, 0.2) is 0 Å². The molecule has 2 aliphatic rings. The van der Waals surface area contributed by atoms with E-state index in [1.807, 2.05) is 0 Å². The van der Waals surface area contributed by atoms with Gasteiger partial charge >= 0.3 is 5.92 Å². The number of halogens is 3. The Morgan fingerprint density at radius 1 is 1.05 bits per heavy atom. The molecule has 3 N–H and O–H groups in total. The molecule has 43 heavy (non-hydrogen) atoms. The van der Waals surface area contributed by atoms with Gasteiger partial charge in [-0.3, -0.25) is 14.6 Å². The lowest BCUT2D eigenvalue weighted by atomic mass is 10.1. The van der Waals surface area contributed by atoms with Crippen molar-refractivity contribution < 1.29 is 26.8 Å². The first-order valence-corrected chi connectivity index (χ1v) is 15.3. The molecule has 0 aliphatic carbocycles. The monoisotopic (exact) mass is 634 g/mol. The molecule has 0 saturated carbocycles. The summed E-state index contributed by atoms with van der Waals surface area (Å²) in [5.41, 5.74) is 4.70. The highest BCUT2D eigenvalue weighted by Crippen LogP contribution is 2.37. The standard InChI is InChI=1S/C27H29ClF2N8O4S/c28-23-14-18(27(29,30)22-17-33-21(16-34-22)26(40)32-8-7-31)15-24(35-23)36-10-12-37(13-11-36)43(41,42)20-5-3-19(4-6-20)38-9-1-2-25(38)39/h3-6,14-17H,1-2,7-13,31H2,(H,32,40). The summed E-state index contributed by atoms with van der Waals surface area (Å²) in [5, 5.41) is 2.31. The minimum Gasteiger partial charge on any atom is -0.354 e. The molecule has 2 fully saturated rings. The first-order valence-electron chi connectivity index (χ1n) is 13.5. The summed E-state index contributed by atoms with van der Waals surface area (Å²) in [7, 11) is -3.83. The maximum atomic E-state index is 15.5. The lowest BCUT2D eigenvalue weighted by molar-refractivity contribution is -0.117. The lowest BCUT2D eigenvalue weighted by Gasteiger charge is -2.35. The highest BCUT2D eigenvalue weighted by Gasteiger charge is 2.38. The van der Waals surface area contributed by atoms with Crippen LogP contribution in [0.2, 0.25) is 5.15 Å². The summed E-state index contributed by atoms with van der Waals surface area (Å²) in [5.74, 6) is -4.03. The molecular formula is C27H29ClF2N8O4S. The predicted molar refractivity (Wildman–Crippen MR) is 155 cm³/mol. The number of rotatable bonds is 9. The summed E-state index contributed by atoms with van der Waals surface area (Å²) in [4.78, 5) is 39.2. The topological polar surface area (TPSA) is 155 Å². The van der Waals surface area contributed by atoms with E-state index in [-0.39, 0.29) is 66.7 Å². The Labute approximate surface area is 251 Å². The Kier molecular flexibility index (Phi) is 8.87. The number of benzene rings is 1. The number of hydrogen-bond donors (Lipinski definition) is 2. The average molecular weight is 635 g/mol. The molecule has 4 heterocycles. The van der Waals surface area contributed by atoms with Gasteiger partial charge in [-0.15, -0.1) is 0 Å². The van der Waals surface area contributed by atoms with Gasteiger partial charge in [-0.1, -0.05) is 11.6 Å². The number of aromatic nitrogens is 3. The summed E-state index contributed by atoms with van der Waals surface area (Å²) >= 11 is 6.13. The van der Waals surface area contributed by atoms with Crippen molar-refractivity contribution in [3.8, 4) is 0 Å². The van der Waals surface area contributed by atoms with Crippen LogP contribution >= 0.6 is 11.6 Å². The molecular weight excluding hydrogens is 606 g/mol. The quantitative estimate of drug-likeness (QED) is 0.336. The zero-order chi connectivity index (χ0) is 30.8. The van der Waals surface area contributed by atoms with E-state index in [2.05, 4.69) is 20.3 Å². The van der Waals surface area contributed by atoms with Crippen LogP contribution < -0.4 is 20.9 Å². The van der Waals surface area contributed by atoms with Crippen LogP contribution in [0.4, 0.5) is 20.3 Å². The Morgan fingerprint density at radius 3 is 2.37 bits per heavy atom. The number of nitrogens with one attached hydrogen (secondary N) is 1. The van der Waals surface area contributed by atoms with Gasteiger partial charge in [0.2, 0.25) is 15.9 Å². The number of nitrogens with two attached hydrogens (primary N) is 1. The molecule has 228 valence electrons. The predicted octanol–water partition coefficient (Wildman–Crippen LogP) is 1.99. The number of carbonyl (C=O) groups is 2. The summed E-state index contributed by atoms with van der Waals surface area (Å²) < 4.78 is 58.8. The molecule has 0 bridgehead atoms. The normalized spacial score (nSPS) is 16.5. The number of alkyl halides is 2. The summed E-state index contributed by atoms with van der Waals surface area (Å²) in [6.07, 6.45) is 3.02. The molecule has 2 saturated heterocycles. The third-order valence-electron chi connectivity index (χ3n) is 7.20. The molecule has 2 aromatic heterocycles. The van der Waals surface area contributed by atoms with Gasteiger partial charge in [0.05, 0.1) is 17.3 Å². The van der Waals surface area contributed by atoms with Crippen molar-refractivity contribution in [3.63, 3.8) is 0 Å². The van der Waals surface area contributed by atoms with Gasteiger partial charge in [-0.25, -0.2) is 18.4 Å². The maximum Gasteiger partial charge on any atom is 0.316 e. The van der Waals surface area contributed by atoms with Crippen LogP contribution in [0, 0.1) is 0 Å². The molecule has 0 atom stereocenters. The molecule has 5 rings (SSSR count). The van der Waals surface area contributed by atoms with Gasteiger partial charge in [0.1, 0.15) is 22.4 Å². The van der Waals surface area contributed by atoms with Gasteiger partial charge in [0.25, 0.3) is 5.91 Å². The number of amides is 2. The number of anilines is 2. The van der Waals surface area contributed by atoms with Gasteiger partial charge in [-0.2, -0.15) is 13.1 Å². The van der Waals surface area contributed by atoms with E-state index >= 15 is 8.78 Å². The van der Waals surface area contributed by atoms with E-state index in [4.69, 9.17) is 17.3 Å². The smallest absolute Gasteiger partial charge is 0.316 e. The molecule has 0 unspecified atom stereocenters. The number of sulfonamides is 1. The molecule has 2 amide bonds. The maximum absolute atomic E-state index is 15.5. The van der Waals surface area contributed by atoms with Gasteiger partial charge in [-0.05, 0) is 42.8 Å². The molecule has 0 radical (unpaired) electrons. The highest BCUT2D eigenvalue weighted by molar-refractivity contribution is 7.89. The van der Waals surface area contributed by atoms with Gasteiger partial charge < -0.3 is 20.9 Å². The van der Waals surface area contributed by atoms with Crippen LogP contribution in [0.25, 0.3) is 0 Å². The number of nitrogens with zero attached hydrogens (tertiary/aromatic N) is 6. The molecule has 16 heteroatoms. The fraction of sp³-hybridized carbons (Fsp3) is 0.370. The van der Waals surface area contributed by atoms with Crippen LogP contribution in [-0.4, -0.2) is 85.3 Å².